The number of hydrogen-bond donors (Lipinski definition) is 1. The molecule has 1 aliphatic rings. The topological polar surface area (TPSA) is 29.1 Å². The first-order valence-electron chi connectivity index (χ1n) is 6.07. The van der Waals surface area contributed by atoms with E-state index in [1.165, 1.54) is 5.56 Å². The fourth-order valence-corrected chi connectivity index (χ4v) is 2.01. The van der Waals surface area contributed by atoms with E-state index in [0.29, 0.717) is 12.0 Å². The Morgan fingerprint density at radius 3 is 2.75 bits per heavy atom. The maximum atomic E-state index is 11.8. The van der Waals surface area contributed by atoms with Crippen molar-refractivity contribution in [3.63, 3.8) is 0 Å². The summed E-state index contributed by atoms with van der Waals surface area (Å²) in [4.78, 5) is 11.8. The Bertz CT molecular complexity index is 360. The van der Waals surface area contributed by atoms with Crippen molar-refractivity contribution in [1.82, 2.24) is 5.32 Å². The van der Waals surface area contributed by atoms with E-state index in [1.807, 2.05) is 18.2 Å². The zero-order valence-electron chi connectivity index (χ0n) is 9.94. The Morgan fingerprint density at radius 2 is 2.12 bits per heavy atom. The highest BCUT2D eigenvalue weighted by atomic mass is 16.2. The molecule has 0 aliphatic heterocycles. The average Bonchev–Trinajstić information content (AvgIpc) is 3.10. The van der Waals surface area contributed by atoms with Crippen LogP contribution in [0.25, 0.3) is 0 Å². The molecule has 2 nitrogen and oxygen atoms in total. The molecule has 86 valence electrons. The van der Waals surface area contributed by atoms with Crippen LogP contribution < -0.4 is 5.32 Å². The van der Waals surface area contributed by atoms with E-state index in [-0.39, 0.29) is 11.8 Å². The third-order valence-electron chi connectivity index (χ3n) is 3.36. The fourth-order valence-electron chi connectivity index (χ4n) is 2.01. The van der Waals surface area contributed by atoms with E-state index in [1.54, 1.807) is 0 Å². The van der Waals surface area contributed by atoms with E-state index in [9.17, 15) is 4.79 Å². The second kappa shape index (κ2) is 4.69. The quantitative estimate of drug-likeness (QED) is 0.825. The second-order valence-corrected chi connectivity index (χ2v) is 4.68. The Labute approximate surface area is 97.1 Å². The molecule has 2 heteroatoms. The molecular weight excluding hydrogens is 198 g/mol. The van der Waals surface area contributed by atoms with Gasteiger partial charge >= 0.3 is 0 Å². The highest BCUT2D eigenvalue weighted by Gasteiger charge is 2.43. The number of amides is 1. The summed E-state index contributed by atoms with van der Waals surface area (Å²) >= 11 is 0. The largest absolute Gasteiger partial charge is 0.353 e. The van der Waals surface area contributed by atoms with Gasteiger partial charge in [0.2, 0.25) is 5.91 Å². The first-order chi connectivity index (χ1) is 7.72. The monoisotopic (exact) mass is 217 g/mol. The average molecular weight is 217 g/mol. The summed E-state index contributed by atoms with van der Waals surface area (Å²) in [6.07, 6.45) is 2.00. The fraction of sp³-hybridized carbons (Fsp3) is 0.500. The van der Waals surface area contributed by atoms with Crippen molar-refractivity contribution in [3.05, 3.63) is 35.9 Å². The number of hydrogen-bond acceptors (Lipinski definition) is 1. The van der Waals surface area contributed by atoms with E-state index >= 15 is 0 Å². The Hall–Kier alpha value is -1.31. The zero-order valence-corrected chi connectivity index (χ0v) is 9.94. The number of rotatable bonds is 4. The van der Waals surface area contributed by atoms with Gasteiger partial charge in [-0.05, 0) is 31.2 Å². The molecule has 0 unspecified atom stereocenters. The number of nitrogens with one attached hydrogen (secondary N) is 1. The summed E-state index contributed by atoms with van der Waals surface area (Å²) in [6, 6.07) is 10.6. The van der Waals surface area contributed by atoms with Crippen LogP contribution in [0.15, 0.2) is 30.3 Å². The zero-order chi connectivity index (χ0) is 11.5. The van der Waals surface area contributed by atoms with Crippen molar-refractivity contribution in [1.29, 1.82) is 0 Å². The highest BCUT2D eigenvalue weighted by Crippen LogP contribution is 2.47. The third-order valence-corrected chi connectivity index (χ3v) is 3.36. The van der Waals surface area contributed by atoms with Crippen molar-refractivity contribution in [2.24, 2.45) is 5.92 Å². The Morgan fingerprint density at radius 1 is 1.44 bits per heavy atom. The molecule has 16 heavy (non-hydrogen) atoms. The Kier molecular flexibility index (Phi) is 3.28. The summed E-state index contributed by atoms with van der Waals surface area (Å²) in [6.45, 7) is 4.14. The van der Waals surface area contributed by atoms with E-state index in [2.05, 4.69) is 31.3 Å². The minimum Gasteiger partial charge on any atom is -0.353 e. The lowest BCUT2D eigenvalue weighted by Crippen LogP contribution is -2.33. The maximum Gasteiger partial charge on any atom is 0.223 e. The van der Waals surface area contributed by atoms with Crippen molar-refractivity contribution < 1.29 is 4.79 Å². The van der Waals surface area contributed by atoms with Gasteiger partial charge in [0.25, 0.3) is 0 Å². The molecule has 1 aliphatic carbocycles. The molecule has 0 heterocycles. The highest BCUT2D eigenvalue weighted by molar-refractivity contribution is 5.83. The molecule has 1 amide bonds. The molecular formula is C14H19NO. The van der Waals surface area contributed by atoms with Crippen molar-refractivity contribution in [2.75, 3.05) is 0 Å². The van der Waals surface area contributed by atoms with Crippen molar-refractivity contribution >= 4 is 5.91 Å². The van der Waals surface area contributed by atoms with Gasteiger partial charge in [-0.3, -0.25) is 4.79 Å². The lowest BCUT2D eigenvalue weighted by atomic mass is 10.1. The summed E-state index contributed by atoms with van der Waals surface area (Å²) in [5.41, 5.74) is 1.30. The number of benzene rings is 1. The maximum absolute atomic E-state index is 11.8. The van der Waals surface area contributed by atoms with Gasteiger partial charge in [0, 0.05) is 12.0 Å². The lowest BCUT2D eigenvalue weighted by molar-refractivity contribution is -0.123. The van der Waals surface area contributed by atoms with Gasteiger partial charge in [-0.2, -0.15) is 0 Å². The molecule has 1 saturated carbocycles. The van der Waals surface area contributed by atoms with Crippen molar-refractivity contribution in [3.8, 4) is 0 Å². The Balaban J connectivity index is 1.89. The van der Waals surface area contributed by atoms with E-state index in [4.69, 9.17) is 0 Å². The molecule has 3 atom stereocenters. The van der Waals surface area contributed by atoms with Gasteiger partial charge in [-0.1, -0.05) is 37.3 Å². The van der Waals surface area contributed by atoms with Gasteiger partial charge in [0.15, 0.2) is 0 Å². The first-order valence-corrected chi connectivity index (χ1v) is 6.07. The van der Waals surface area contributed by atoms with Crippen LogP contribution in [0.2, 0.25) is 0 Å². The van der Waals surface area contributed by atoms with Crippen LogP contribution in [0.1, 0.15) is 38.2 Å². The molecule has 0 aromatic heterocycles. The molecule has 2 rings (SSSR count). The predicted molar refractivity (Wildman–Crippen MR) is 65.2 cm³/mol. The molecule has 1 aromatic carbocycles. The van der Waals surface area contributed by atoms with Gasteiger partial charge in [0.1, 0.15) is 0 Å². The summed E-state index contributed by atoms with van der Waals surface area (Å²) in [5.74, 6) is 0.879. The molecule has 0 radical (unpaired) electrons. The summed E-state index contributed by atoms with van der Waals surface area (Å²) in [7, 11) is 0. The van der Waals surface area contributed by atoms with Crippen LogP contribution in [0.5, 0.6) is 0 Å². The third kappa shape index (κ3) is 2.43. The van der Waals surface area contributed by atoms with Gasteiger partial charge in [0.05, 0.1) is 0 Å². The van der Waals surface area contributed by atoms with Crippen LogP contribution in [-0.2, 0) is 4.79 Å². The minimum absolute atomic E-state index is 0.205. The minimum atomic E-state index is 0.205. The molecule has 0 bridgehead atoms. The standard InChI is InChI=1S/C14H19NO/c1-3-10(2)15-14(16)13-9-12(13)11-7-5-4-6-8-11/h4-8,10,12-13H,3,9H2,1-2H3,(H,15,16)/t10-,12+,13-/m1/s1. The predicted octanol–water partition coefficient (Wildman–Crippen LogP) is 2.70. The van der Waals surface area contributed by atoms with E-state index < -0.39 is 0 Å². The number of carbonyl (C=O) groups is 1. The lowest BCUT2D eigenvalue weighted by Gasteiger charge is -2.10. The summed E-state index contributed by atoms with van der Waals surface area (Å²) in [5, 5.41) is 3.05. The molecule has 0 saturated heterocycles. The first kappa shape index (κ1) is 11.2. The normalized spacial score (nSPS) is 24.9. The van der Waals surface area contributed by atoms with Crippen LogP contribution >= 0.6 is 0 Å². The van der Waals surface area contributed by atoms with Gasteiger partial charge < -0.3 is 5.32 Å². The van der Waals surface area contributed by atoms with E-state index in [0.717, 1.165) is 12.8 Å². The van der Waals surface area contributed by atoms with Crippen LogP contribution in [0.3, 0.4) is 0 Å². The molecule has 1 N–H and O–H groups in total. The SMILES string of the molecule is CC[C@@H](C)NC(=O)[C@@H]1C[C@H]1c1ccccc1. The van der Waals surface area contributed by atoms with Gasteiger partial charge in [-0.25, -0.2) is 0 Å². The molecule has 1 fully saturated rings. The van der Waals surface area contributed by atoms with Crippen molar-refractivity contribution in [2.45, 2.75) is 38.6 Å². The molecule has 1 aromatic rings. The van der Waals surface area contributed by atoms with Gasteiger partial charge in [-0.15, -0.1) is 0 Å². The second-order valence-electron chi connectivity index (χ2n) is 4.68. The van der Waals surface area contributed by atoms with Crippen LogP contribution in [0, 0.1) is 5.92 Å². The number of carbonyl (C=O) groups excluding carboxylic acids is 1. The summed E-state index contributed by atoms with van der Waals surface area (Å²) < 4.78 is 0. The van der Waals surface area contributed by atoms with Crippen LogP contribution in [-0.4, -0.2) is 11.9 Å². The smallest absolute Gasteiger partial charge is 0.223 e. The van der Waals surface area contributed by atoms with Crippen LogP contribution in [0.4, 0.5) is 0 Å². The molecule has 0 spiro atoms.